The molecule has 28 heavy (non-hydrogen) atoms. The summed E-state index contributed by atoms with van der Waals surface area (Å²) in [5, 5.41) is 5.53. The van der Waals surface area contributed by atoms with Crippen molar-refractivity contribution in [1.29, 1.82) is 0 Å². The van der Waals surface area contributed by atoms with Crippen LogP contribution in [0.4, 0.5) is 11.4 Å². The predicted molar refractivity (Wildman–Crippen MR) is 106 cm³/mol. The zero-order valence-corrected chi connectivity index (χ0v) is 16.0. The quantitative estimate of drug-likeness (QED) is 0.666. The van der Waals surface area contributed by atoms with Crippen LogP contribution in [0.1, 0.15) is 36.0 Å². The molecular weight excluding hydrogens is 378 g/mol. The van der Waals surface area contributed by atoms with Crippen LogP contribution in [-0.4, -0.2) is 26.3 Å². The van der Waals surface area contributed by atoms with Crippen molar-refractivity contribution in [2.45, 2.75) is 36.6 Å². The highest BCUT2D eigenvalue weighted by molar-refractivity contribution is 7.89. The van der Waals surface area contributed by atoms with Crippen LogP contribution in [0.2, 0.25) is 0 Å². The summed E-state index contributed by atoms with van der Waals surface area (Å²) in [5.41, 5.74) is 1.45. The third-order valence-corrected chi connectivity index (χ3v) is 6.18. The molecule has 2 aromatic rings. The predicted octanol–water partition coefficient (Wildman–Crippen LogP) is 2.73. The van der Waals surface area contributed by atoms with Gasteiger partial charge in [-0.1, -0.05) is 6.07 Å². The summed E-state index contributed by atoms with van der Waals surface area (Å²) in [6, 6.07) is 12.8. The summed E-state index contributed by atoms with van der Waals surface area (Å²) in [6.45, 7) is 0. The van der Waals surface area contributed by atoms with Gasteiger partial charge in [0, 0.05) is 28.9 Å². The summed E-state index contributed by atoms with van der Waals surface area (Å²) >= 11 is 0. The van der Waals surface area contributed by atoms with Crippen LogP contribution >= 0.6 is 0 Å². The van der Waals surface area contributed by atoms with E-state index in [0.29, 0.717) is 16.9 Å². The Morgan fingerprint density at radius 1 is 0.857 bits per heavy atom. The minimum absolute atomic E-state index is 0.00929. The van der Waals surface area contributed by atoms with Gasteiger partial charge in [-0.2, -0.15) is 0 Å². The van der Waals surface area contributed by atoms with Crippen LogP contribution in [0.25, 0.3) is 0 Å². The van der Waals surface area contributed by atoms with Crippen LogP contribution in [-0.2, 0) is 14.8 Å². The van der Waals surface area contributed by atoms with E-state index in [0.717, 1.165) is 25.7 Å². The number of hydrogen-bond donors (Lipinski definition) is 3. The van der Waals surface area contributed by atoms with E-state index >= 15 is 0 Å². The zero-order chi connectivity index (χ0) is 19.7. The Balaban J connectivity index is 1.41. The third kappa shape index (κ3) is 4.58. The molecule has 146 valence electrons. The molecule has 0 saturated heterocycles. The zero-order valence-electron chi connectivity index (χ0n) is 15.1. The minimum Gasteiger partial charge on any atom is -0.326 e. The number of carbonyl (C=O) groups is 2. The van der Waals surface area contributed by atoms with Crippen LogP contribution in [0.3, 0.4) is 0 Å². The maximum absolute atomic E-state index is 12.5. The first-order valence-electron chi connectivity index (χ1n) is 9.25. The van der Waals surface area contributed by atoms with E-state index in [9.17, 15) is 18.0 Å². The second-order valence-corrected chi connectivity index (χ2v) is 8.93. The number of anilines is 2. The average Bonchev–Trinajstić information content (AvgIpc) is 3.56. The Hall–Kier alpha value is -2.71. The van der Waals surface area contributed by atoms with E-state index < -0.39 is 10.0 Å². The second kappa shape index (κ2) is 7.37. The van der Waals surface area contributed by atoms with E-state index in [1.165, 1.54) is 12.1 Å². The number of carbonyl (C=O) groups excluding carboxylic acids is 2. The van der Waals surface area contributed by atoms with Crippen molar-refractivity contribution in [2.75, 3.05) is 10.6 Å². The van der Waals surface area contributed by atoms with Gasteiger partial charge >= 0.3 is 0 Å². The number of hydrogen-bond acceptors (Lipinski definition) is 4. The molecule has 2 aliphatic carbocycles. The lowest BCUT2D eigenvalue weighted by Crippen LogP contribution is -2.25. The third-order valence-electron chi connectivity index (χ3n) is 4.66. The molecule has 0 bridgehead atoms. The summed E-state index contributed by atoms with van der Waals surface area (Å²) in [7, 11) is -3.58. The molecule has 2 fully saturated rings. The lowest BCUT2D eigenvalue weighted by Gasteiger charge is -2.10. The maximum atomic E-state index is 12.5. The first-order chi connectivity index (χ1) is 13.4. The van der Waals surface area contributed by atoms with Crippen LogP contribution in [0.5, 0.6) is 0 Å². The Morgan fingerprint density at radius 3 is 2.21 bits per heavy atom. The molecule has 2 saturated carbocycles. The van der Waals surface area contributed by atoms with Gasteiger partial charge in [-0.05, 0) is 68.1 Å². The van der Waals surface area contributed by atoms with Crippen LogP contribution < -0.4 is 15.4 Å². The van der Waals surface area contributed by atoms with Crippen LogP contribution in [0.15, 0.2) is 53.4 Å². The molecule has 0 aliphatic heterocycles. The highest BCUT2D eigenvalue weighted by Gasteiger charge is 2.29. The standard InChI is InChI=1S/C20H21N3O4S/c24-19(13-4-5-13)21-15-8-6-14(7-9-15)20(25)22-17-2-1-3-18(12-17)28(26,27)23-16-10-11-16/h1-3,6-9,12-13,16,23H,4-5,10-11H2,(H,21,24)(H,22,25). The lowest BCUT2D eigenvalue weighted by molar-refractivity contribution is -0.117. The Bertz CT molecular complexity index is 1010. The van der Waals surface area contributed by atoms with E-state index in [2.05, 4.69) is 15.4 Å². The fraction of sp³-hybridized carbons (Fsp3) is 0.300. The van der Waals surface area contributed by atoms with Crippen molar-refractivity contribution in [3.8, 4) is 0 Å². The molecule has 0 unspecified atom stereocenters. The Kier molecular flexibility index (Phi) is 4.91. The van der Waals surface area contributed by atoms with Gasteiger partial charge in [0.2, 0.25) is 15.9 Å². The summed E-state index contributed by atoms with van der Waals surface area (Å²) in [6.07, 6.45) is 3.56. The fourth-order valence-corrected chi connectivity index (χ4v) is 4.08. The van der Waals surface area contributed by atoms with Crippen LogP contribution in [0, 0.1) is 5.92 Å². The number of benzene rings is 2. The van der Waals surface area contributed by atoms with Gasteiger partial charge in [-0.15, -0.1) is 0 Å². The molecule has 7 nitrogen and oxygen atoms in total. The van der Waals surface area contributed by atoms with Crippen molar-refractivity contribution >= 4 is 33.2 Å². The Labute approximate surface area is 163 Å². The summed E-state index contributed by atoms with van der Waals surface area (Å²) < 4.78 is 27.2. The van der Waals surface area contributed by atoms with E-state index in [-0.39, 0.29) is 28.7 Å². The van der Waals surface area contributed by atoms with Crippen molar-refractivity contribution in [3.63, 3.8) is 0 Å². The SMILES string of the molecule is O=C(Nc1cccc(S(=O)(=O)NC2CC2)c1)c1ccc(NC(=O)C2CC2)cc1. The summed E-state index contributed by atoms with van der Waals surface area (Å²) in [5.74, 6) is -0.235. The number of nitrogens with one attached hydrogen (secondary N) is 3. The van der Waals surface area contributed by atoms with Crippen molar-refractivity contribution in [1.82, 2.24) is 4.72 Å². The van der Waals surface area contributed by atoms with Gasteiger partial charge in [0.15, 0.2) is 0 Å². The van der Waals surface area contributed by atoms with Crippen molar-refractivity contribution in [3.05, 3.63) is 54.1 Å². The molecule has 2 aromatic carbocycles. The van der Waals surface area contributed by atoms with E-state index in [1.807, 2.05) is 0 Å². The van der Waals surface area contributed by atoms with Gasteiger partial charge in [-0.25, -0.2) is 13.1 Å². The molecule has 2 amide bonds. The molecule has 0 radical (unpaired) electrons. The number of amides is 2. The maximum Gasteiger partial charge on any atom is 0.255 e. The largest absolute Gasteiger partial charge is 0.326 e. The first-order valence-corrected chi connectivity index (χ1v) is 10.7. The molecule has 8 heteroatoms. The van der Waals surface area contributed by atoms with E-state index in [4.69, 9.17) is 0 Å². The molecule has 0 atom stereocenters. The number of rotatable bonds is 7. The molecule has 0 heterocycles. The van der Waals surface area contributed by atoms with Gasteiger partial charge in [0.1, 0.15) is 0 Å². The lowest BCUT2D eigenvalue weighted by atomic mass is 10.2. The minimum atomic E-state index is -3.58. The molecule has 4 rings (SSSR count). The van der Waals surface area contributed by atoms with Crippen molar-refractivity contribution < 1.29 is 18.0 Å². The highest BCUT2D eigenvalue weighted by Crippen LogP contribution is 2.30. The fourth-order valence-electron chi connectivity index (χ4n) is 2.73. The second-order valence-electron chi connectivity index (χ2n) is 7.22. The van der Waals surface area contributed by atoms with Gasteiger partial charge < -0.3 is 10.6 Å². The summed E-state index contributed by atoms with van der Waals surface area (Å²) in [4.78, 5) is 24.3. The molecular formula is C20H21N3O4S. The normalized spacial score (nSPS) is 16.4. The molecule has 2 aliphatic rings. The molecule has 3 N–H and O–H groups in total. The Morgan fingerprint density at radius 2 is 1.57 bits per heavy atom. The smallest absolute Gasteiger partial charge is 0.255 e. The van der Waals surface area contributed by atoms with Gasteiger partial charge in [0.05, 0.1) is 4.90 Å². The highest BCUT2D eigenvalue weighted by atomic mass is 32.2. The average molecular weight is 399 g/mol. The number of sulfonamides is 1. The molecule has 0 aromatic heterocycles. The van der Waals surface area contributed by atoms with Crippen molar-refractivity contribution in [2.24, 2.45) is 5.92 Å². The molecule has 0 spiro atoms. The monoisotopic (exact) mass is 399 g/mol. The van der Waals surface area contributed by atoms with Gasteiger partial charge in [-0.3, -0.25) is 9.59 Å². The van der Waals surface area contributed by atoms with Gasteiger partial charge in [0.25, 0.3) is 5.91 Å². The van der Waals surface area contributed by atoms with E-state index in [1.54, 1.807) is 36.4 Å². The first kappa shape index (κ1) is 18.6. The topological polar surface area (TPSA) is 104 Å².